The van der Waals surface area contributed by atoms with Crippen LogP contribution in [0.25, 0.3) is 0 Å². The number of carbonyl (C=O) groups is 2. The van der Waals surface area contributed by atoms with Crippen LogP contribution in [0.3, 0.4) is 0 Å². The molecule has 0 bridgehead atoms. The highest BCUT2D eigenvalue weighted by Crippen LogP contribution is 2.28. The Bertz CT molecular complexity index is 1180. The van der Waals surface area contributed by atoms with Crippen LogP contribution in [0.15, 0.2) is 76.3 Å². The fraction of sp³-hybridized carbons (Fsp3) is 0.0455. The maximum absolute atomic E-state index is 12.3. The molecule has 0 atom stereocenters. The number of benzene rings is 3. The quantitative estimate of drug-likeness (QED) is 0.170. The highest BCUT2D eigenvalue weighted by atomic mass is 79.9. The van der Waals surface area contributed by atoms with Crippen molar-refractivity contribution in [3.8, 4) is 11.5 Å². The largest absolute Gasteiger partial charge is 0.493 e. The van der Waals surface area contributed by atoms with Gasteiger partial charge in [0.1, 0.15) is 0 Å². The third-order valence-electron chi connectivity index (χ3n) is 4.19. The van der Waals surface area contributed by atoms with E-state index in [1.165, 1.54) is 37.6 Å². The molecule has 9 nitrogen and oxygen atoms in total. The van der Waals surface area contributed by atoms with Crippen molar-refractivity contribution in [2.45, 2.75) is 0 Å². The van der Waals surface area contributed by atoms with Crippen molar-refractivity contribution >= 4 is 39.7 Å². The van der Waals surface area contributed by atoms with Crippen molar-refractivity contribution in [3.63, 3.8) is 0 Å². The molecule has 3 aromatic carbocycles. The number of ether oxygens (including phenoxy) is 2. The summed E-state index contributed by atoms with van der Waals surface area (Å²) in [6.45, 7) is 0. The summed E-state index contributed by atoms with van der Waals surface area (Å²) in [4.78, 5) is 34.5. The fourth-order valence-corrected chi connectivity index (χ4v) is 2.82. The number of rotatable bonds is 7. The molecule has 3 rings (SSSR count). The predicted octanol–water partition coefficient (Wildman–Crippen LogP) is 4.35. The standard InChI is InChI=1S/C22H16BrN3O6/c1-31-20-12-14(2-11-19(20)32-22(28)16-3-7-17(23)8-4-16)13-24-25-21(27)15-5-9-18(10-6-15)26(29)30/h2-13H,1H3,(H,25,27)/b24-13-. The number of hydrogen-bond donors (Lipinski definition) is 1. The number of hydrazone groups is 1. The lowest BCUT2D eigenvalue weighted by atomic mass is 10.2. The minimum absolute atomic E-state index is 0.113. The number of carbonyl (C=O) groups excluding carboxylic acids is 2. The molecule has 1 amide bonds. The van der Waals surface area contributed by atoms with Crippen LogP contribution < -0.4 is 14.9 Å². The van der Waals surface area contributed by atoms with Gasteiger partial charge in [-0.05, 0) is 60.2 Å². The highest BCUT2D eigenvalue weighted by molar-refractivity contribution is 9.10. The molecule has 0 aromatic heterocycles. The molecule has 10 heteroatoms. The molecule has 0 fully saturated rings. The van der Waals surface area contributed by atoms with Crippen molar-refractivity contribution in [2.24, 2.45) is 5.10 Å². The molecular formula is C22H16BrN3O6. The van der Waals surface area contributed by atoms with Gasteiger partial charge in [0, 0.05) is 22.2 Å². The van der Waals surface area contributed by atoms with Gasteiger partial charge in [-0.2, -0.15) is 5.10 Å². The van der Waals surface area contributed by atoms with Crippen molar-refractivity contribution < 1.29 is 24.0 Å². The zero-order valence-electron chi connectivity index (χ0n) is 16.7. The fourth-order valence-electron chi connectivity index (χ4n) is 2.56. The van der Waals surface area contributed by atoms with Gasteiger partial charge in [0.2, 0.25) is 0 Å². The Hall–Kier alpha value is -4.05. The van der Waals surface area contributed by atoms with E-state index in [4.69, 9.17) is 9.47 Å². The first-order chi connectivity index (χ1) is 15.4. The van der Waals surface area contributed by atoms with Gasteiger partial charge in [0.05, 0.1) is 23.8 Å². The molecule has 0 heterocycles. The molecule has 0 aliphatic rings. The Morgan fingerprint density at radius 2 is 1.66 bits per heavy atom. The summed E-state index contributed by atoms with van der Waals surface area (Å²) in [6.07, 6.45) is 1.38. The zero-order chi connectivity index (χ0) is 23.1. The average Bonchev–Trinajstić information content (AvgIpc) is 2.80. The van der Waals surface area contributed by atoms with Crippen LogP contribution in [-0.2, 0) is 0 Å². The van der Waals surface area contributed by atoms with E-state index in [9.17, 15) is 19.7 Å². The van der Waals surface area contributed by atoms with E-state index < -0.39 is 16.8 Å². The van der Waals surface area contributed by atoms with Crippen LogP contribution in [-0.4, -0.2) is 30.1 Å². The Balaban J connectivity index is 1.65. The topological polar surface area (TPSA) is 120 Å². The molecule has 32 heavy (non-hydrogen) atoms. The predicted molar refractivity (Wildman–Crippen MR) is 120 cm³/mol. The zero-order valence-corrected chi connectivity index (χ0v) is 18.2. The number of hydrogen-bond acceptors (Lipinski definition) is 7. The Labute approximate surface area is 190 Å². The average molecular weight is 498 g/mol. The lowest BCUT2D eigenvalue weighted by molar-refractivity contribution is -0.384. The number of nitrogens with zero attached hydrogens (tertiary/aromatic N) is 2. The van der Waals surface area contributed by atoms with Gasteiger partial charge in [-0.1, -0.05) is 15.9 Å². The Morgan fingerprint density at radius 1 is 1.00 bits per heavy atom. The minimum Gasteiger partial charge on any atom is -0.493 e. The van der Waals surface area contributed by atoms with E-state index in [0.29, 0.717) is 16.9 Å². The van der Waals surface area contributed by atoms with E-state index >= 15 is 0 Å². The van der Waals surface area contributed by atoms with Gasteiger partial charge in [-0.25, -0.2) is 10.2 Å². The van der Waals surface area contributed by atoms with Crippen LogP contribution in [0, 0.1) is 10.1 Å². The monoisotopic (exact) mass is 497 g/mol. The first-order valence-electron chi connectivity index (χ1n) is 9.11. The maximum atomic E-state index is 12.3. The molecule has 0 saturated carbocycles. The summed E-state index contributed by atoms with van der Waals surface area (Å²) in [6, 6.07) is 16.6. The van der Waals surface area contributed by atoms with Crippen LogP contribution in [0.1, 0.15) is 26.3 Å². The summed E-state index contributed by atoms with van der Waals surface area (Å²) in [7, 11) is 1.43. The van der Waals surface area contributed by atoms with Gasteiger partial charge in [-0.3, -0.25) is 14.9 Å². The van der Waals surface area contributed by atoms with Gasteiger partial charge in [0.25, 0.3) is 11.6 Å². The van der Waals surface area contributed by atoms with Crippen molar-refractivity contribution in [1.29, 1.82) is 0 Å². The summed E-state index contributed by atoms with van der Waals surface area (Å²) >= 11 is 3.31. The lowest BCUT2D eigenvalue weighted by Gasteiger charge is -2.10. The van der Waals surface area contributed by atoms with E-state index in [1.54, 1.807) is 42.5 Å². The summed E-state index contributed by atoms with van der Waals surface area (Å²) in [5, 5.41) is 14.5. The van der Waals surface area contributed by atoms with Crippen LogP contribution in [0.5, 0.6) is 11.5 Å². The third-order valence-corrected chi connectivity index (χ3v) is 4.72. The van der Waals surface area contributed by atoms with E-state index in [-0.39, 0.29) is 17.0 Å². The van der Waals surface area contributed by atoms with E-state index in [1.807, 2.05) is 0 Å². The van der Waals surface area contributed by atoms with Crippen LogP contribution in [0.2, 0.25) is 0 Å². The first-order valence-corrected chi connectivity index (χ1v) is 9.90. The molecule has 0 radical (unpaired) electrons. The molecule has 0 saturated heterocycles. The van der Waals surface area contributed by atoms with Gasteiger partial charge in [-0.15, -0.1) is 0 Å². The number of methoxy groups -OCH3 is 1. The number of amides is 1. The summed E-state index contributed by atoms with van der Waals surface area (Å²) < 4.78 is 11.5. The van der Waals surface area contributed by atoms with E-state index in [2.05, 4.69) is 26.5 Å². The number of nitro groups is 1. The molecule has 0 unspecified atom stereocenters. The van der Waals surface area contributed by atoms with Gasteiger partial charge < -0.3 is 9.47 Å². The minimum atomic E-state index is -0.549. The number of halogens is 1. The smallest absolute Gasteiger partial charge is 0.343 e. The summed E-state index contributed by atoms with van der Waals surface area (Å²) in [5.41, 5.74) is 3.41. The number of non-ortho nitro benzene ring substituents is 1. The first kappa shape index (κ1) is 22.6. The van der Waals surface area contributed by atoms with E-state index in [0.717, 1.165) is 4.47 Å². The molecule has 162 valence electrons. The van der Waals surface area contributed by atoms with Gasteiger partial charge in [0.15, 0.2) is 11.5 Å². The third kappa shape index (κ3) is 5.76. The molecular weight excluding hydrogens is 482 g/mol. The van der Waals surface area contributed by atoms with Crippen LogP contribution >= 0.6 is 15.9 Å². The second-order valence-corrected chi connectivity index (χ2v) is 7.23. The molecule has 1 N–H and O–H groups in total. The van der Waals surface area contributed by atoms with Crippen molar-refractivity contribution in [3.05, 3.63) is 98.0 Å². The highest BCUT2D eigenvalue weighted by Gasteiger charge is 2.13. The molecule has 0 spiro atoms. The lowest BCUT2D eigenvalue weighted by Crippen LogP contribution is -2.17. The molecule has 3 aromatic rings. The second-order valence-electron chi connectivity index (χ2n) is 6.31. The van der Waals surface area contributed by atoms with Crippen molar-refractivity contribution in [1.82, 2.24) is 5.43 Å². The Morgan fingerprint density at radius 3 is 2.28 bits per heavy atom. The molecule has 0 aliphatic heterocycles. The normalized spacial score (nSPS) is 10.6. The second kappa shape index (κ2) is 10.3. The number of nitrogens with one attached hydrogen (secondary N) is 1. The SMILES string of the molecule is COc1cc(/C=N\NC(=O)c2ccc([N+](=O)[O-])cc2)ccc1OC(=O)c1ccc(Br)cc1. The number of nitro benzene ring substituents is 1. The van der Waals surface area contributed by atoms with Crippen molar-refractivity contribution in [2.75, 3.05) is 7.11 Å². The Kier molecular flexibility index (Phi) is 7.29. The number of esters is 1. The molecule has 0 aliphatic carbocycles. The maximum Gasteiger partial charge on any atom is 0.343 e. The van der Waals surface area contributed by atoms with Crippen LogP contribution in [0.4, 0.5) is 5.69 Å². The summed E-state index contributed by atoms with van der Waals surface area (Å²) in [5.74, 6) is -0.524. The van der Waals surface area contributed by atoms with Gasteiger partial charge >= 0.3 is 5.97 Å².